The Labute approximate surface area is 112 Å². The van der Waals surface area contributed by atoms with Gasteiger partial charge in [-0.15, -0.1) is 11.3 Å². The number of furan rings is 1. The Kier molecular flexibility index (Phi) is 4.55. The van der Waals surface area contributed by atoms with Crippen LogP contribution in [0.3, 0.4) is 0 Å². The van der Waals surface area contributed by atoms with E-state index >= 15 is 0 Å². The summed E-state index contributed by atoms with van der Waals surface area (Å²) in [5.41, 5.74) is 1.28. The molecule has 0 atom stereocenters. The smallest absolute Gasteiger partial charge is 0.105 e. The van der Waals surface area contributed by atoms with Crippen LogP contribution in [-0.2, 0) is 13.0 Å². The first kappa shape index (κ1) is 13.3. The van der Waals surface area contributed by atoms with Crippen LogP contribution in [0.4, 0.5) is 0 Å². The molecule has 0 saturated heterocycles. The van der Waals surface area contributed by atoms with E-state index in [0.717, 1.165) is 25.3 Å². The number of hydrogen-bond acceptors (Lipinski definition) is 4. The van der Waals surface area contributed by atoms with Gasteiger partial charge in [-0.05, 0) is 26.8 Å². The Morgan fingerprint density at radius 3 is 2.83 bits per heavy atom. The van der Waals surface area contributed by atoms with Crippen molar-refractivity contribution in [2.75, 3.05) is 6.54 Å². The molecule has 0 amide bonds. The number of nitrogens with zero attached hydrogens (tertiary/aromatic N) is 2. The zero-order valence-corrected chi connectivity index (χ0v) is 12.0. The number of thiazole rings is 1. The molecule has 0 bridgehead atoms. The molecule has 0 unspecified atom stereocenters. The summed E-state index contributed by atoms with van der Waals surface area (Å²) >= 11 is 1.73. The molecule has 3 nitrogen and oxygen atoms in total. The van der Waals surface area contributed by atoms with E-state index in [0.29, 0.717) is 6.04 Å². The molecule has 0 spiro atoms. The van der Waals surface area contributed by atoms with Crippen molar-refractivity contribution >= 4 is 11.3 Å². The molecule has 2 aromatic heterocycles. The van der Waals surface area contributed by atoms with Crippen LogP contribution < -0.4 is 0 Å². The largest absolute Gasteiger partial charge is 0.469 e. The van der Waals surface area contributed by atoms with Gasteiger partial charge >= 0.3 is 0 Å². The molecule has 0 fully saturated rings. The van der Waals surface area contributed by atoms with Gasteiger partial charge in [0.05, 0.1) is 11.3 Å². The molecule has 2 aromatic rings. The van der Waals surface area contributed by atoms with Gasteiger partial charge in [-0.1, -0.05) is 0 Å². The molecule has 2 heterocycles. The molecule has 0 aliphatic rings. The summed E-state index contributed by atoms with van der Waals surface area (Å²) in [6, 6.07) is 2.59. The first-order chi connectivity index (χ1) is 8.66. The maximum atomic E-state index is 5.36. The summed E-state index contributed by atoms with van der Waals surface area (Å²) in [7, 11) is 0. The molecule has 4 heteroatoms. The molecular weight excluding hydrogens is 244 g/mol. The molecule has 0 aliphatic carbocycles. The Hall–Kier alpha value is -1.13. The number of rotatable bonds is 6. The standard InChI is InChI=1S/C14H20N2OS/c1-11(2)16(7-4-14-15-6-9-18-14)10-13-5-8-17-12(13)3/h5-6,8-9,11H,4,7,10H2,1-3H3. The predicted molar refractivity (Wildman–Crippen MR) is 74.8 cm³/mol. The monoisotopic (exact) mass is 264 g/mol. The summed E-state index contributed by atoms with van der Waals surface area (Å²) in [6.45, 7) is 8.48. The second kappa shape index (κ2) is 6.16. The van der Waals surface area contributed by atoms with Crippen molar-refractivity contribution in [3.05, 3.63) is 40.2 Å². The third-order valence-electron chi connectivity index (χ3n) is 3.17. The van der Waals surface area contributed by atoms with E-state index in [9.17, 15) is 0 Å². The number of aryl methyl sites for hydroxylation is 1. The molecule has 18 heavy (non-hydrogen) atoms. The Balaban J connectivity index is 1.94. The average molecular weight is 264 g/mol. The van der Waals surface area contributed by atoms with Crippen molar-refractivity contribution in [3.8, 4) is 0 Å². The van der Waals surface area contributed by atoms with E-state index in [2.05, 4.69) is 29.8 Å². The summed E-state index contributed by atoms with van der Waals surface area (Å²) in [4.78, 5) is 6.79. The molecule has 98 valence electrons. The second-order valence-corrected chi connectivity index (χ2v) is 5.72. The van der Waals surface area contributed by atoms with E-state index in [1.165, 1.54) is 10.6 Å². The van der Waals surface area contributed by atoms with Gasteiger partial charge < -0.3 is 4.42 Å². The minimum atomic E-state index is 0.527. The van der Waals surface area contributed by atoms with Crippen LogP contribution >= 0.6 is 11.3 Å². The van der Waals surface area contributed by atoms with Crippen LogP contribution in [0.25, 0.3) is 0 Å². The lowest BCUT2D eigenvalue weighted by Gasteiger charge is -2.25. The van der Waals surface area contributed by atoms with Gasteiger partial charge in [0.1, 0.15) is 5.76 Å². The van der Waals surface area contributed by atoms with Crippen LogP contribution in [-0.4, -0.2) is 22.5 Å². The summed E-state index contributed by atoms with van der Waals surface area (Å²) in [5, 5.41) is 3.25. The van der Waals surface area contributed by atoms with E-state index in [1.54, 1.807) is 17.6 Å². The molecular formula is C14H20N2OS. The maximum Gasteiger partial charge on any atom is 0.105 e. The lowest BCUT2D eigenvalue weighted by molar-refractivity contribution is 0.214. The zero-order chi connectivity index (χ0) is 13.0. The van der Waals surface area contributed by atoms with Gasteiger partial charge in [-0.3, -0.25) is 4.90 Å². The fourth-order valence-electron chi connectivity index (χ4n) is 1.93. The van der Waals surface area contributed by atoms with Crippen LogP contribution in [0.5, 0.6) is 0 Å². The van der Waals surface area contributed by atoms with E-state index in [4.69, 9.17) is 4.42 Å². The fourth-order valence-corrected chi connectivity index (χ4v) is 2.54. The zero-order valence-electron chi connectivity index (χ0n) is 11.2. The lowest BCUT2D eigenvalue weighted by Crippen LogP contribution is -2.32. The Bertz CT molecular complexity index is 462. The highest BCUT2D eigenvalue weighted by Crippen LogP contribution is 2.15. The maximum absolute atomic E-state index is 5.36. The highest BCUT2D eigenvalue weighted by Gasteiger charge is 2.13. The van der Waals surface area contributed by atoms with Crippen molar-refractivity contribution in [2.45, 2.75) is 39.8 Å². The second-order valence-electron chi connectivity index (χ2n) is 4.74. The quantitative estimate of drug-likeness (QED) is 0.799. The van der Waals surface area contributed by atoms with Gasteiger partial charge in [0.25, 0.3) is 0 Å². The van der Waals surface area contributed by atoms with E-state index in [1.807, 2.05) is 18.5 Å². The van der Waals surface area contributed by atoms with Crippen LogP contribution in [0.15, 0.2) is 28.3 Å². The summed E-state index contributed by atoms with van der Waals surface area (Å²) in [6.07, 6.45) is 4.66. The minimum Gasteiger partial charge on any atom is -0.469 e. The van der Waals surface area contributed by atoms with Crippen molar-refractivity contribution in [2.24, 2.45) is 0 Å². The minimum absolute atomic E-state index is 0.527. The van der Waals surface area contributed by atoms with Gasteiger partial charge in [-0.2, -0.15) is 0 Å². The van der Waals surface area contributed by atoms with E-state index < -0.39 is 0 Å². The molecule has 2 rings (SSSR count). The highest BCUT2D eigenvalue weighted by atomic mass is 32.1. The topological polar surface area (TPSA) is 29.3 Å². The molecule has 0 saturated carbocycles. The normalized spacial score (nSPS) is 11.6. The molecule has 0 N–H and O–H groups in total. The fraction of sp³-hybridized carbons (Fsp3) is 0.500. The first-order valence-electron chi connectivity index (χ1n) is 6.32. The summed E-state index contributed by atoms with van der Waals surface area (Å²) < 4.78 is 5.36. The van der Waals surface area contributed by atoms with Crippen LogP contribution in [0.2, 0.25) is 0 Å². The van der Waals surface area contributed by atoms with Crippen LogP contribution in [0.1, 0.15) is 30.2 Å². The Morgan fingerprint density at radius 1 is 1.44 bits per heavy atom. The third kappa shape index (κ3) is 3.43. The van der Waals surface area contributed by atoms with Crippen molar-refractivity contribution in [3.63, 3.8) is 0 Å². The first-order valence-corrected chi connectivity index (χ1v) is 7.20. The van der Waals surface area contributed by atoms with Crippen LogP contribution in [0, 0.1) is 6.92 Å². The van der Waals surface area contributed by atoms with Gasteiger partial charge in [0.15, 0.2) is 0 Å². The molecule has 0 aromatic carbocycles. The molecule has 0 aliphatic heterocycles. The third-order valence-corrected chi connectivity index (χ3v) is 4.01. The van der Waals surface area contributed by atoms with E-state index in [-0.39, 0.29) is 0 Å². The van der Waals surface area contributed by atoms with Gasteiger partial charge in [0.2, 0.25) is 0 Å². The average Bonchev–Trinajstić information content (AvgIpc) is 2.96. The van der Waals surface area contributed by atoms with Gasteiger partial charge in [0, 0.05) is 42.7 Å². The summed E-state index contributed by atoms with van der Waals surface area (Å²) in [5.74, 6) is 1.02. The van der Waals surface area contributed by atoms with Gasteiger partial charge in [-0.25, -0.2) is 4.98 Å². The Morgan fingerprint density at radius 2 is 2.28 bits per heavy atom. The van der Waals surface area contributed by atoms with Crippen molar-refractivity contribution in [1.82, 2.24) is 9.88 Å². The molecule has 0 radical (unpaired) electrons. The van der Waals surface area contributed by atoms with Crippen molar-refractivity contribution in [1.29, 1.82) is 0 Å². The highest BCUT2D eigenvalue weighted by molar-refractivity contribution is 7.09. The number of aromatic nitrogens is 1. The SMILES string of the molecule is Cc1occc1CN(CCc1nccs1)C(C)C. The number of hydrogen-bond donors (Lipinski definition) is 0. The lowest BCUT2D eigenvalue weighted by atomic mass is 10.2. The predicted octanol–water partition coefficient (Wildman–Crippen LogP) is 3.50. The van der Waals surface area contributed by atoms with Crippen molar-refractivity contribution < 1.29 is 4.42 Å².